The Labute approximate surface area is 217 Å². The molecule has 1 saturated heterocycles. The lowest BCUT2D eigenvalue weighted by Gasteiger charge is -2.23. The van der Waals surface area contributed by atoms with Crippen LogP contribution in [0, 0.1) is 12.8 Å². The predicted molar refractivity (Wildman–Crippen MR) is 142 cm³/mol. The van der Waals surface area contributed by atoms with Gasteiger partial charge in [-0.05, 0) is 64.3 Å². The Morgan fingerprint density at radius 3 is 2.73 bits per heavy atom. The van der Waals surface area contributed by atoms with Crippen molar-refractivity contribution in [2.45, 2.75) is 71.9 Å². The molecule has 0 saturated carbocycles. The third kappa shape index (κ3) is 6.29. The number of hydrogen-bond acceptors (Lipinski definition) is 7. The van der Waals surface area contributed by atoms with Crippen molar-refractivity contribution in [1.29, 1.82) is 0 Å². The average Bonchev–Trinajstić information content (AvgIpc) is 3.19. The lowest BCUT2D eigenvalue weighted by atomic mass is 10.0. The van der Waals surface area contributed by atoms with E-state index in [1.54, 1.807) is 32.4 Å². The molecule has 3 heterocycles. The number of benzene rings is 1. The Balaban J connectivity index is 1.67. The van der Waals surface area contributed by atoms with E-state index in [-0.39, 0.29) is 11.7 Å². The molecule has 0 aliphatic carbocycles. The molecule has 1 fully saturated rings. The molecule has 37 heavy (non-hydrogen) atoms. The number of aromatic nitrogens is 3. The second-order valence-corrected chi connectivity index (χ2v) is 10.4. The molecule has 2 N–H and O–H groups in total. The van der Waals surface area contributed by atoms with E-state index in [1.165, 1.54) is 0 Å². The van der Waals surface area contributed by atoms with Crippen LogP contribution in [-0.4, -0.2) is 56.7 Å². The first-order valence-electron chi connectivity index (χ1n) is 13.0. The average molecular weight is 511 g/mol. The first kappa shape index (κ1) is 27.0. The Morgan fingerprint density at radius 2 is 2.08 bits per heavy atom. The van der Waals surface area contributed by atoms with Crippen LogP contribution in [0.15, 0.2) is 35.3 Å². The largest absolute Gasteiger partial charge is 0.462 e. The van der Waals surface area contributed by atoms with Crippen LogP contribution in [0.3, 0.4) is 0 Å². The summed E-state index contributed by atoms with van der Waals surface area (Å²) in [5, 5.41) is 13.2. The van der Waals surface area contributed by atoms with Crippen LogP contribution >= 0.6 is 0 Å². The number of hydrogen-bond donors (Lipinski definition) is 2. The van der Waals surface area contributed by atoms with Crippen molar-refractivity contribution < 1.29 is 19.4 Å². The molecule has 1 aliphatic heterocycles. The summed E-state index contributed by atoms with van der Waals surface area (Å²) in [5.74, 6) is 0.725. The zero-order valence-corrected chi connectivity index (χ0v) is 22.4. The fourth-order valence-corrected chi connectivity index (χ4v) is 4.88. The number of aliphatic hydroxyl groups is 1. The quantitative estimate of drug-likeness (QED) is 0.426. The van der Waals surface area contributed by atoms with E-state index in [1.807, 2.05) is 37.4 Å². The van der Waals surface area contributed by atoms with Gasteiger partial charge in [0, 0.05) is 50.0 Å². The number of esters is 1. The van der Waals surface area contributed by atoms with Gasteiger partial charge in [-0.1, -0.05) is 6.07 Å². The number of aryl methyl sites for hydroxylation is 2. The summed E-state index contributed by atoms with van der Waals surface area (Å²) in [5.41, 5.74) is 4.30. The van der Waals surface area contributed by atoms with Crippen molar-refractivity contribution in [3.05, 3.63) is 51.9 Å². The number of nitrogens with zero attached hydrogens (tertiary/aromatic N) is 3. The summed E-state index contributed by atoms with van der Waals surface area (Å²) in [7, 11) is 1.76. The fourth-order valence-electron chi connectivity index (χ4n) is 4.88. The van der Waals surface area contributed by atoms with E-state index < -0.39 is 18.1 Å². The van der Waals surface area contributed by atoms with Gasteiger partial charge in [0.2, 0.25) is 0 Å². The standard InChI is InChI=1S/C28H38N4O5/c1-17(2)37-28(35)25(19(4)33)29-13-20-8-9-24-23(12-20)30-26(22-11-18(3)27(34)31(5)15-22)32(24)14-21-7-6-10-36-16-21/h8-9,11-12,15,17,19,21,25,29,33H,6-7,10,13-14,16H2,1-5H3/t19-,21-,25-/m1/s1. The second kappa shape index (κ2) is 11.6. The summed E-state index contributed by atoms with van der Waals surface area (Å²) in [6.07, 6.45) is 2.82. The number of aliphatic hydroxyl groups excluding tert-OH is 1. The highest BCUT2D eigenvalue weighted by Gasteiger charge is 2.26. The smallest absolute Gasteiger partial charge is 0.326 e. The lowest BCUT2D eigenvalue weighted by Crippen LogP contribution is -2.46. The van der Waals surface area contributed by atoms with Crippen molar-refractivity contribution in [1.82, 2.24) is 19.4 Å². The fraction of sp³-hybridized carbons (Fsp3) is 0.536. The van der Waals surface area contributed by atoms with Crippen LogP contribution in [0.5, 0.6) is 0 Å². The second-order valence-electron chi connectivity index (χ2n) is 10.4. The minimum Gasteiger partial charge on any atom is -0.462 e. The molecule has 9 heteroatoms. The van der Waals surface area contributed by atoms with Crippen LogP contribution in [0.1, 0.15) is 44.7 Å². The molecule has 0 bridgehead atoms. The molecule has 2 aromatic heterocycles. The van der Waals surface area contributed by atoms with E-state index >= 15 is 0 Å². The molecular formula is C28H38N4O5. The van der Waals surface area contributed by atoms with E-state index in [2.05, 4.69) is 9.88 Å². The molecule has 9 nitrogen and oxygen atoms in total. The summed E-state index contributed by atoms with van der Waals surface area (Å²) >= 11 is 0. The molecule has 200 valence electrons. The van der Waals surface area contributed by atoms with Gasteiger partial charge in [0.05, 0.1) is 29.8 Å². The van der Waals surface area contributed by atoms with Crippen molar-refractivity contribution in [2.24, 2.45) is 13.0 Å². The zero-order chi connectivity index (χ0) is 26.7. The minimum atomic E-state index is -0.897. The van der Waals surface area contributed by atoms with Gasteiger partial charge in [0.25, 0.3) is 5.56 Å². The van der Waals surface area contributed by atoms with E-state index in [4.69, 9.17) is 14.5 Å². The van der Waals surface area contributed by atoms with Crippen molar-refractivity contribution in [3.8, 4) is 11.4 Å². The molecule has 0 radical (unpaired) electrons. The number of ether oxygens (including phenoxy) is 2. The number of imidazole rings is 1. The molecule has 0 amide bonds. The number of fused-ring (bicyclic) bond motifs is 1. The summed E-state index contributed by atoms with van der Waals surface area (Å²) < 4.78 is 14.8. The summed E-state index contributed by atoms with van der Waals surface area (Å²) in [6.45, 7) is 9.63. The minimum absolute atomic E-state index is 0.0240. The Kier molecular flexibility index (Phi) is 8.46. The zero-order valence-electron chi connectivity index (χ0n) is 22.4. The Bertz CT molecular complexity index is 1280. The maximum Gasteiger partial charge on any atom is 0.326 e. The first-order valence-corrected chi connectivity index (χ1v) is 13.0. The molecule has 4 rings (SSSR count). The highest BCUT2D eigenvalue weighted by atomic mass is 16.5. The van der Waals surface area contributed by atoms with Gasteiger partial charge in [0.15, 0.2) is 0 Å². The number of carbonyl (C=O) groups excluding carboxylic acids is 1. The number of carbonyl (C=O) groups is 1. The lowest BCUT2D eigenvalue weighted by molar-refractivity contribution is -0.152. The van der Waals surface area contributed by atoms with Gasteiger partial charge in [-0.2, -0.15) is 0 Å². The molecule has 0 spiro atoms. The maximum atomic E-state index is 12.4. The van der Waals surface area contributed by atoms with Gasteiger partial charge in [-0.25, -0.2) is 4.98 Å². The third-order valence-corrected chi connectivity index (χ3v) is 6.74. The highest BCUT2D eigenvalue weighted by molar-refractivity contribution is 5.81. The van der Waals surface area contributed by atoms with Crippen LogP contribution in [0.25, 0.3) is 22.4 Å². The van der Waals surface area contributed by atoms with Gasteiger partial charge >= 0.3 is 5.97 Å². The van der Waals surface area contributed by atoms with Crippen LogP contribution in [0.4, 0.5) is 0 Å². The van der Waals surface area contributed by atoms with E-state index in [0.717, 1.165) is 60.6 Å². The number of pyridine rings is 1. The Morgan fingerprint density at radius 1 is 1.30 bits per heavy atom. The van der Waals surface area contributed by atoms with Gasteiger partial charge in [-0.3, -0.25) is 14.9 Å². The first-order chi connectivity index (χ1) is 17.6. The van der Waals surface area contributed by atoms with Crippen LogP contribution < -0.4 is 10.9 Å². The van der Waals surface area contributed by atoms with Crippen molar-refractivity contribution >= 4 is 17.0 Å². The monoisotopic (exact) mass is 510 g/mol. The van der Waals surface area contributed by atoms with E-state index in [9.17, 15) is 14.7 Å². The van der Waals surface area contributed by atoms with Crippen molar-refractivity contribution in [3.63, 3.8) is 0 Å². The topological polar surface area (TPSA) is 108 Å². The highest BCUT2D eigenvalue weighted by Crippen LogP contribution is 2.28. The maximum absolute atomic E-state index is 12.4. The predicted octanol–water partition coefficient (Wildman–Crippen LogP) is 2.93. The molecule has 1 aliphatic rings. The van der Waals surface area contributed by atoms with Crippen molar-refractivity contribution in [2.75, 3.05) is 13.2 Å². The van der Waals surface area contributed by atoms with Crippen LogP contribution in [0.2, 0.25) is 0 Å². The third-order valence-electron chi connectivity index (χ3n) is 6.74. The molecule has 1 aromatic carbocycles. The summed E-state index contributed by atoms with van der Waals surface area (Å²) in [4.78, 5) is 29.7. The SMILES string of the molecule is Cc1cc(-c2nc3cc(CN[C@@H](C(=O)OC(C)C)[C@@H](C)O)ccc3n2C[C@H]2CCCOC2)cn(C)c1=O. The normalized spacial score (nSPS) is 17.8. The van der Waals surface area contributed by atoms with Crippen LogP contribution in [-0.2, 0) is 34.4 Å². The van der Waals surface area contributed by atoms with E-state index in [0.29, 0.717) is 18.0 Å². The molecule has 3 aromatic rings. The molecule has 3 atom stereocenters. The molecular weight excluding hydrogens is 472 g/mol. The number of nitrogens with one attached hydrogen (secondary N) is 1. The van der Waals surface area contributed by atoms with Gasteiger partial charge in [-0.15, -0.1) is 0 Å². The van der Waals surface area contributed by atoms with Gasteiger partial charge in [0.1, 0.15) is 11.9 Å². The van der Waals surface area contributed by atoms with Gasteiger partial charge < -0.3 is 23.7 Å². The molecule has 0 unspecified atom stereocenters. The number of rotatable bonds is 9. The summed E-state index contributed by atoms with van der Waals surface area (Å²) in [6, 6.07) is 7.12. The Hall–Kier alpha value is -3.01.